The molecule has 3 atom stereocenters. The minimum atomic E-state index is -4.16. The quantitative estimate of drug-likeness (QED) is 0.351. The van der Waals surface area contributed by atoms with E-state index in [0.29, 0.717) is 9.46 Å². The van der Waals surface area contributed by atoms with E-state index in [2.05, 4.69) is 15.5 Å². The summed E-state index contributed by atoms with van der Waals surface area (Å²) in [6, 6.07) is -1.19. The van der Waals surface area contributed by atoms with Gasteiger partial charge >= 0.3 is 16.2 Å². The molecule has 30 heavy (non-hydrogen) atoms. The van der Waals surface area contributed by atoms with Crippen LogP contribution in [0.1, 0.15) is 6.92 Å². The lowest BCUT2D eigenvalue weighted by atomic mass is 9.89. The van der Waals surface area contributed by atoms with Gasteiger partial charge in [-0.1, -0.05) is 11.8 Å². The third-order valence-electron chi connectivity index (χ3n) is 4.90. The van der Waals surface area contributed by atoms with Crippen LogP contribution in [0.25, 0.3) is 0 Å². The zero-order valence-corrected chi connectivity index (χ0v) is 19.1. The van der Waals surface area contributed by atoms with E-state index in [1.54, 1.807) is 7.05 Å². The maximum absolute atomic E-state index is 12.8. The van der Waals surface area contributed by atoms with Gasteiger partial charge in [0.15, 0.2) is 6.04 Å². The van der Waals surface area contributed by atoms with Crippen LogP contribution in [0.15, 0.2) is 5.16 Å². The molecule has 0 radical (unpaired) electrons. The molecular formula is C14H21N7O6S3. The maximum Gasteiger partial charge on any atom is 0.313 e. The van der Waals surface area contributed by atoms with E-state index in [-0.39, 0.29) is 18.1 Å². The van der Waals surface area contributed by atoms with Crippen LogP contribution in [0.2, 0.25) is 0 Å². The molecule has 2 amide bonds. The molecule has 1 aromatic rings. The van der Waals surface area contributed by atoms with Crippen molar-refractivity contribution in [3.63, 3.8) is 0 Å². The Labute approximate surface area is 181 Å². The molecule has 13 nitrogen and oxygen atoms in total. The van der Waals surface area contributed by atoms with Crippen LogP contribution < -0.4 is 0 Å². The van der Waals surface area contributed by atoms with E-state index in [1.165, 1.54) is 23.7 Å². The summed E-state index contributed by atoms with van der Waals surface area (Å²) in [4.78, 5) is 38.3. The van der Waals surface area contributed by atoms with Crippen LogP contribution in [0.3, 0.4) is 0 Å². The Hall–Kier alpha value is -1.91. The third kappa shape index (κ3) is 3.65. The van der Waals surface area contributed by atoms with Crippen molar-refractivity contribution in [1.29, 1.82) is 0 Å². The molecule has 3 rings (SSSR count). The fraction of sp³-hybridized carbons (Fsp3) is 0.714. The molecule has 1 N–H and O–H groups in total. The summed E-state index contributed by atoms with van der Waals surface area (Å²) >= 11 is 2.31. The van der Waals surface area contributed by atoms with Crippen molar-refractivity contribution in [2.75, 3.05) is 32.1 Å². The minimum absolute atomic E-state index is 0.0959. The highest BCUT2D eigenvalue weighted by atomic mass is 32.2. The average molecular weight is 480 g/mol. The van der Waals surface area contributed by atoms with Crippen LogP contribution in [0.4, 0.5) is 0 Å². The highest BCUT2D eigenvalue weighted by molar-refractivity contribution is 8.00. The second-order valence-corrected chi connectivity index (χ2v) is 11.2. The number of tetrazole rings is 1. The Kier molecular flexibility index (Phi) is 6.05. The number of hydrogen-bond donors (Lipinski definition) is 1. The molecule has 166 valence electrons. The predicted octanol–water partition coefficient (Wildman–Crippen LogP) is -1.69. The summed E-state index contributed by atoms with van der Waals surface area (Å²) in [5.74, 6) is -2.18. The van der Waals surface area contributed by atoms with Crippen molar-refractivity contribution in [3.8, 4) is 0 Å². The maximum atomic E-state index is 12.8. The predicted molar refractivity (Wildman–Crippen MR) is 106 cm³/mol. The van der Waals surface area contributed by atoms with E-state index < -0.39 is 44.8 Å². The van der Waals surface area contributed by atoms with Crippen LogP contribution in [0.5, 0.6) is 0 Å². The number of aromatic nitrogens is 4. The van der Waals surface area contributed by atoms with Crippen LogP contribution in [-0.2, 0) is 31.6 Å². The van der Waals surface area contributed by atoms with Crippen molar-refractivity contribution in [1.82, 2.24) is 33.7 Å². The third-order valence-corrected chi connectivity index (χ3v) is 9.68. The lowest BCUT2D eigenvalue weighted by Crippen LogP contribution is -2.75. The Morgan fingerprint density at radius 3 is 2.57 bits per heavy atom. The van der Waals surface area contributed by atoms with Crippen LogP contribution >= 0.6 is 23.5 Å². The standard InChI is InChI=1S/C14H21N7O6S3/c1-8(22)21(30(26,27)18(2)3)9-10(23)20-5-14(12(24)25,6-28-11(9)20)7-29-13-15-16-17-19(13)4/h9,11H,5-7H2,1-4H3,(H,24,25)/t9?,11-,14?/m1/s1. The smallest absolute Gasteiger partial charge is 0.313 e. The minimum Gasteiger partial charge on any atom is -0.481 e. The number of aryl methyl sites for hydroxylation is 1. The van der Waals surface area contributed by atoms with Crippen molar-refractivity contribution in [3.05, 3.63) is 0 Å². The van der Waals surface area contributed by atoms with Gasteiger partial charge in [0, 0.05) is 46.1 Å². The fourth-order valence-corrected chi connectivity index (χ4v) is 7.19. The first-order valence-corrected chi connectivity index (χ1v) is 12.1. The number of nitrogens with zero attached hydrogens (tertiary/aromatic N) is 7. The largest absolute Gasteiger partial charge is 0.481 e. The van der Waals surface area contributed by atoms with Gasteiger partial charge in [0.2, 0.25) is 11.1 Å². The Morgan fingerprint density at radius 1 is 1.40 bits per heavy atom. The molecule has 0 bridgehead atoms. The summed E-state index contributed by atoms with van der Waals surface area (Å²) in [5.41, 5.74) is -1.26. The molecule has 2 aliphatic rings. The number of carbonyl (C=O) groups excluding carboxylic acids is 2. The summed E-state index contributed by atoms with van der Waals surface area (Å²) < 4.78 is 28.0. The molecule has 0 aliphatic carbocycles. The fourth-order valence-electron chi connectivity index (χ4n) is 3.19. The molecule has 2 fully saturated rings. The molecule has 0 saturated carbocycles. The van der Waals surface area contributed by atoms with Crippen molar-refractivity contribution in [2.24, 2.45) is 12.5 Å². The van der Waals surface area contributed by atoms with E-state index in [9.17, 15) is 27.9 Å². The van der Waals surface area contributed by atoms with Crippen molar-refractivity contribution < 1.29 is 27.9 Å². The molecule has 2 unspecified atom stereocenters. The highest BCUT2D eigenvalue weighted by Crippen LogP contribution is 2.46. The van der Waals surface area contributed by atoms with E-state index >= 15 is 0 Å². The first-order valence-electron chi connectivity index (χ1n) is 8.65. The molecule has 16 heteroatoms. The number of thioether (sulfide) groups is 2. The van der Waals surface area contributed by atoms with Crippen LogP contribution in [0, 0.1) is 5.41 Å². The Balaban J connectivity index is 1.80. The Morgan fingerprint density at radius 2 is 2.07 bits per heavy atom. The van der Waals surface area contributed by atoms with Gasteiger partial charge in [0.05, 0.1) is 0 Å². The van der Waals surface area contributed by atoms with Gasteiger partial charge in [-0.15, -0.1) is 16.9 Å². The Bertz CT molecular complexity index is 982. The highest BCUT2D eigenvalue weighted by Gasteiger charge is 2.61. The van der Waals surface area contributed by atoms with Crippen molar-refractivity contribution >= 4 is 51.5 Å². The first kappa shape index (κ1) is 22.8. The number of fused-ring (bicyclic) bond motifs is 1. The lowest BCUT2D eigenvalue weighted by Gasteiger charge is -2.55. The van der Waals surface area contributed by atoms with E-state index in [4.69, 9.17) is 0 Å². The number of hydrogen-bond acceptors (Lipinski definition) is 10. The second-order valence-electron chi connectivity index (χ2n) is 7.18. The van der Waals surface area contributed by atoms with Gasteiger partial charge in [0.1, 0.15) is 10.8 Å². The monoisotopic (exact) mass is 479 g/mol. The molecule has 2 saturated heterocycles. The molecule has 0 spiro atoms. The number of aliphatic carboxylic acids is 1. The van der Waals surface area contributed by atoms with Gasteiger partial charge < -0.3 is 10.0 Å². The summed E-state index contributed by atoms with van der Waals surface area (Å²) in [7, 11) is 0.0150. The molecule has 1 aromatic heterocycles. The topological polar surface area (TPSA) is 159 Å². The zero-order chi connectivity index (χ0) is 22.4. The number of carboxylic acid groups (broad SMARTS) is 1. The van der Waals surface area contributed by atoms with Gasteiger partial charge in [-0.3, -0.25) is 14.4 Å². The van der Waals surface area contributed by atoms with E-state index in [1.807, 2.05) is 0 Å². The van der Waals surface area contributed by atoms with Crippen molar-refractivity contribution in [2.45, 2.75) is 23.5 Å². The molecule has 0 aromatic carbocycles. The summed E-state index contributed by atoms with van der Waals surface area (Å²) in [5, 5.41) is 20.7. The zero-order valence-electron chi connectivity index (χ0n) is 16.6. The molecule has 3 heterocycles. The molecule has 2 aliphatic heterocycles. The van der Waals surface area contributed by atoms with E-state index in [0.717, 1.165) is 34.8 Å². The number of amides is 2. The van der Waals surface area contributed by atoms with Gasteiger partial charge in [-0.05, 0) is 10.4 Å². The van der Waals surface area contributed by atoms with Crippen LogP contribution in [-0.4, -0.2) is 109 Å². The van der Waals surface area contributed by atoms with Gasteiger partial charge in [-0.25, -0.2) is 8.99 Å². The van der Waals surface area contributed by atoms with Gasteiger partial charge in [-0.2, -0.15) is 12.7 Å². The molecular weight excluding hydrogens is 458 g/mol. The summed E-state index contributed by atoms with van der Waals surface area (Å²) in [6.45, 7) is 0.985. The number of carboxylic acids is 1. The lowest BCUT2D eigenvalue weighted by molar-refractivity contribution is -0.161. The number of β-lactam (4-membered cyclic amide) rings is 1. The average Bonchev–Trinajstić information content (AvgIpc) is 3.08. The van der Waals surface area contributed by atoms with Gasteiger partial charge in [0.25, 0.3) is 5.91 Å². The second kappa shape index (κ2) is 7.97. The summed E-state index contributed by atoms with van der Waals surface area (Å²) in [6.07, 6.45) is 0. The SMILES string of the molecule is CC(=O)N(C1C(=O)N2CC(CSc3nnnn3C)(C(=O)O)CS[C@H]12)S(=O)(=O)N(C)C. The number of rotatable bonds is 7. The number of carbonyl (C=O) groups is 3. The normalized spacial score (nSPS) is 26.3. The first-order chi connectivity index (χ1) is 13.9.